The second-order valence-corrected chi connectivity index (χ2v) is 4.02. The summed E-state index contributed by atoms with van der Waals surface area (Å²) < 4.78 is 4.69. The molecule has 1 rings (SSSR count). The molecule has 1 aromatic rings. The number of carbonyl (C=O) groups excluding carboxylic acids is 1. The van der Waals surface area contributed by atoms with Gasteiger partial charge in [0.05, 0.1) is 6.61 Å². The lowest BCUT2D eigenvalue weighted by Gasteiger charge is -2.11. The van der Waals surface area contributed by atoms with Gasteiger partial charge in [0.25, 0.3) is 0 Å². The van der Waals surface area contributed by atoms with E-state index < -0.39 is 5.97 Å². The first-order valence-electron chi connectivity index (χ1n) is 5.75. The van der Waals surface area contributed by atoms with E-state index >= 15 is 0 Å². The summed E-state index contributed by atoms with van der Waals surface area (Å²) in [5, 5.41) is 17.5. The molecule has 1 N–H and O–H groups in total. The van der Waals surface area contributed by atoms with Gasteiger partial charge in [-0.2, -0.15) is 5.26 Å². The van der Waals surface area contributed by atoms with Gasteiger partial charge < -0.3 is 14.7 Å². The fourth-order valence-corrected chi connectivity index (χ4v) is 1.39. The van der Waals surface area contributed by atoms with Crippen molar-refractivity contribution in [3.63, 3.8) is 0 Å². The molecular formula is C14H16N2O3. The number of aliphatic hydroxyl groups is 1. The van der Waals surface area contributed by atoms with E-state index in [4.69, 9.17) is 15.1 Å². The minimum absolute atomic E-state index is 0.0916. The highest BCUT2D eigenvalue weighted by Gasteiger charge is 2.10. The second-order valence-electron chi connectivity index (χ2n) is 4.02. The number of carbonyl (C=O) groups is 1. The Morgan fingerprint density at radius 1 is 1.42 bits per heavy atom. The second kappa shape index (κ2) is 7.19. The Hall–Kier alpha value is -2.32. The monoisotopic (exact) mass is 260 g/mol. The molecule has 0 bridgehead atoms. The summed E-state index contributed by atoms with van der Waals surface area (Å²) in [6.45, 7) is -0.376. The molecular weight excluding hydrogens is 244 g/mol. The highest BCUT2D eigenvalue weighted by molar-refractivity contribution is 5.97. The van der Waals surface area contributed by atoms with E-state index in [0.717, 1.165) is 11.3 Å². The molecule has 1 aromatic carbocycles. The number of rotatable bonds is 5. The Bertz CT molecular complexity index is 498. The van der Waals surface area contributed by atoms with Gasteiger partial charge in [0, 0.05) is 19.8 Å². The molecule has 0 aliphatic rings. The van der Waals surface area contributed by atoms with Crippen LogP contribution in [0.3, 0.4) is 0 Å². The largest absolute Gasteiger partial charge is 0.459 e. The average molecular weight is 260 g/mol. The fourth-order valence-electron chi connectivity index (χ4n) is 1.39. The number of hydrogen-bond acceptors (Lipinski definition) is 5. The molecule has 0 aliphatic carbocycles. The van der Waals surface area contributed by atoms with Crippen LogP contribution in [0.15, 0.2) is 29.8 Å². The molecule has 0 spiro atoms. The molecule has 0 saturated carbocycles. The third-order valence-electron chi connectivity index (χ3n) is 2.39. The molecule has 0 amide bonds. The molecule has 19 heavy (non-hydrogen) atoms. The van der Waals surface area contributed by atoms with Crippen LogP contribution in [0, 0.1) is 11.3 Å². The van der Waals surface area contributed by atoms with Gasteiger partial charge in [-0.15, -0.1) is 0 Å². The molecule has 0 unspecified atom stereocenters. The highest BCUT2D eigenvalue weighted by atomic mass is 16.5. The van der Waals surface area contributed by atoms with Crippen molar-refractivity contribution < 1.29 is 14.6 Å². The van der Waals surface area contributed by atoms with E-state index in [9.17, 15) is 4.79 Å². The molecule has 0 radical (unpaired) electrons. The first-order chi connectivity index (χ1) is 9.08. The van der Waals surface area contributed by atoms with Crippen LogP contribution in [0.1, 0.15) is 5.56 Å². The van der Waals surface area contributed by atoms with Crippen LogP contribution in [0.2, 0.25) is 0 Å². The van der Waals surface area contributed by atoms with Gasteiger partial charge >= 0.3 is 5.97 Å². The van der Waals surface area contributed by atoms with E-state index in [1.807, 2.05) is 43.3 Å². The van der Waals surface area contributed by atoms with E-state index in [1.54, 1.807) is 6.07 Å². The van der Waals surface area contributed by atoms with Crippen LogP contribution < -0.4 is 4.90 Å². The van der Waals surface area contributed by atoms with Crippen molar-refractivity contribution >= 4 is 17.7 Å². The lowest BCUT2D eigenvalue weighted by Crippen LogP contribution is -2.10. The molecule has 0 aromatic heterocycles. The minimum Gasteiger partial charge on any atom is -0.459 e. The maximum absolute atomic E-state index is 11.5. The summed E-state index contributed by atoms with van der Waals surface area (Å²) in [6, 6.07) is 9.19. The number of anilines is 1. The van der Waals surface area contributed by atoms with Crippen molar-refractivity contribution in [3.8, 4) is 6.07 Å². The summed E-state index contributed by atoms with van der Waals surface area (Å²) in [4.78, 5) is 13.4. The number of esters is 1. The zero-order valence-corrected chi connectivity index (χ0v) is 11.0. The average Bonchev–Trinajstić information content (AvgIpc) is 2.42. The smallest absolute Gasteiger partial charge is 0.348 e. The standard InChI is InChI=1S/C14H16N2O3/c1-16(2)13-5-3-11(4-6-13)9-12(10-15)14(18)19-8-7-17/h3-6,9,17H,7-8H2,1-2H3. The summed E-state index contributed by atoms with van der Waals surface area (Å²) in [5.41, 5.74) is 1.67. The highest BCUT2D eigenvalue weighted by Crippen LogP contribution is 2.14. The van der Waals surface area contributed by atoms with Gasteiger partial charge in [-0.05, 0) is 23.8 Å². The van der Waals surface area contributed by atoms with E-state index in [0.29, 0.717) is 0 Å². The molecule has 0 fully saturated rings. The lowest BCUT2D eigenvalue weighted by molar-refractivity contribution is -0.139. The third-order valence-corrected chi connectivity index (χ3v) is 2.39. The fraction of sp³-hybridized carbons (Fsp3) is 0.286. The quantitative estimate of drug-likeness (QED) is 0.489. The number of aliphatic hydroxyl groups excluding tert-OH is 1. The number of benzene rings is 1. The van der Waals surface area contributed by atoms with Gasteiger partial charge in [0.2, 0.25) is 0 Å². The van der Waals surface area contributed by atoms with E-state index in [-0.39, 0.29) is 18.8 Å². The molecule has 0 saturated heterocycles. The van der Waals surface area contributed by atoms with Crippen molar-refractivity contribution in [1.82, 2.24) is 0 Å². The first kappa shape index (κ1) is 14.7. The summed E-state index contributed by atoms with van der Waals surface area (Å²) >= 11 is 0. The summed E-state index contributed by atoms with van der Waals surface area (Å²) in [6.07, 6.45) is 1.46. The molecule has 0 aliphatic heterocycles. The SMILES string of the molecule is CN(C)c1ccc(C=C(C#N)C(=O)OCCO)cc1. The van der Waals surface area contributed by atoms with Crippen molar-refractivity contribution in [1.29, 1.82) is 5.26 Å². The summed E-state index contributed by atoms with van der Waals surface area (Å²) in [7, 11) is 3.86. The zero-order chi connectivity index (χ0) is 14.3. The lowest BCUT2D eigenvalue weighted by atomic mass is 10.1. The van der Waals surface area contributed by atoms with Crippen molar-refractivity contribution in [2.75, 3.05) is 32.2 Å². The zero-order valence-electron chi connectivity index (χ0n) is 11.0. The summed E-state index contributed by atoms with van der Waals surface area (Å²) in [5.74, 6) is -0.728. The van der Waals surface area contributed by atoms with E-state index in [2.05, 4.69) is 0 Å². The number of ether oxygens (including phenoxy) is 1. The van der Waals surface area contributed by atoms with Crippen LogP contribution in [-0.4, -0.2) is 38.4 Å². The Labute approximate surface area is 112 Å². The van der Waals surface area contributed by atoms with E-state index in [1.165, 1.54) is 6.08 Å². The number of nitrogens with zero attached hydrogens (tertiary/aromatic N) is 2. The van der Waals surface area contributed by atoms with Crippen LogP contribution in [0.4, 0.5) is 5.69 Å². The van der Waals surface area contributed by atoms with Crippen molar-refractivity contribution in [3.05, 3.63) is 35.4 Å². The van der Waals surface area contributed by atoms with Gasteiger partial charge in [-0.25, -0.2) is 4.79 Å². The Morgan fingerprint density at radius 2 is 2.05 bits per heavy atom. The van der Waals surface area contributed by atoms with Gasteiger partial charge in [-0.3, -0.25) is 0 Å². The van der Waals surface area contributed by atoms with Crippen molar-refractivity contribution in [2.24, 2.45) is 0 Å². The Morgan fingerprint density at radius 3 is 2.53 bits per heavy atom. The van der Waals surface area contributed by atoms with Crippen LogP contribution in [-0.2, 0) is 9.53 Å². The molecule has 5 nitrogen and oxygen atoms in total. The van der Waals surface area contributed by atoms with Crippen LogP contribution in [0.5, 0.6) is 0 Å². The topological polar surface area (TPSA) is 73.6 Å². The normalized spacial score (nSPS) is 10.7. The maximum Gasteiger partial charge on any atom is 0.348 e. The van der Waals surface area contributed by atoms with Crippen molar-refractivity contribution in [2.45, 2.75) is 0 Å². The molecule has 0 heterocycles. The number of hydrogen-bond donors (Lipinski definition) is 1. The van der Waals surface area contributed by atoms with Crippen LogP contribution >= 0.6 is 0 Å². The number of nitriles is 1. The molecule has 5 heteroatoms. The Kier molecular flexibility index (Phi) is 5.58. The van der Waals surface area contributed by atoms with Gasteiger partial charge in [-0.1, -0.05) is 12.1 Å². The van der Waals surface area contributed by atoms with Gasteiger partial charge in [0.1, 0.15) is 18.2 Å². The first-order valence-corrected chi connectivity index (χ1v) is 5.75. The minimum atomic E-state index is -0.728. The van der Waals surface area contributed by atoms with Gasteiger partial charge in [0.15, 0.2) is 0 Å². The maximum atomic E-state index is 11.5. The third kappa shape index (κ3) is 4.45. The van der Waals surface area contributed by atoms with Crippen LogP contribution in [0.25, 0.3) is 6.08 Å². The molecule has 100 valence electrons. The predicted molar refractivity (Wildman–Crippen MR) is 72.4 cm³/mol. The Balaban J connectivity index is 2.86. The predicted octanol–water partition coefficient (Wildman–Crippen LogP) is 1.20. The molecule has 0 atom stereocenters.